The molecule has 3 saturated carbocycles. The van der Waals surface area contributed by atoms with Crippen LogP contribution in [0.2, 0.25) is 0 Å². The van der Waals surface area contributed by atoms with Crippen LogP contribution in [-0.4, -0.2) is 17.0 Å². The molecule has 1 N–H and O–H groups in total. The van der Waals surface area contributed by atoms with Gasteiger partial charge in [0.2, 0.25) is 0 Å². The minimum Gasteiger partial charge on any atom is -0.393 e. The molecule has 2 heteroatoms. The first-order chi connectivity index (χ1) is 9.95. The molecule has 0 aromatic heterocycles. The summed E-state index contributed by atoms with van der Waals surface area (Å²) in [6.45, 7) is 4.67. The average molecular weight is 288 g/mol. The van der Waals surface area contributed by atoms with Crippen molar-refractivity contribution in [2.45, 2.75) is 71.3 Å². The van der Waals surface area contributed by atoms with Crippen LogP contribution < -0.4 is 0 Å². The first kappa shape index (κ1) is 14.0. The van der Waals surface area contributed by atoms with Gasteiger partial charge in [-0.25, -0.2) is 0 Å². The standard InChI is InChI=1S/C19H28O2/c1-18-9-7-13(20)11-12(18)3-4-14-15-5-6-17(21)19(15,2)10-8-16(14)18/h8,12-15,20H,3-7,9-11H2,1-2H3/t12?,13-,14?,15?,18-,19-/m0/s1. The van der Waals surface area contributed by atoms with Crippen LogP contribution in [0.15, 0.2) is 11.6 Å². The minimum absolute atomic E-state index is 0.0639. The number of rotatable bonds is 0. The average Bonchev–Trinajstić information content (AvgIpc) is 2.76. The summed E-state index contributed by atoms with van der Waals surface area (Å²) < 4.78 is 0. The van der Waals surface area contributed by atoms with E-state index in [9.17, 15) is 9.90 Å². The van der Waals surface area contributed by atoms with Crippen molar-refractivity contribution < 1.29 is 9.90 Å². The van der Waals surface area contributed by atoms with E-state index in [1.54, 1.807) is 5.57 Å². The van der Waals surface area contributed by atoms with Crippen LogP contribution in [0.4, 0.5) is 0 Å². The Kier molecular flexibility index (Phi) is 2.96. The Morgan fingerprint density at radius 2 is 1.95 bits per heavy atom. The highest BCUT2D eigenvalue weighted by Gasteiger charge is 2.56. The van der Waals surface area contributed by atoms with Crippen molar-refractivity contribution in [2.75, 3.05) is 0 Å². The van der Waals surface area contributed by atoms with E-state index in [-0.39, 0.29) is 11.5 Å². The van der Waals surface area contributed by atoms with Crippen LogP contribution >= 0.6 is 0 Å². The molecular formula is C19H28O2. The maximum absolute atomic E-state index is 12.3. The van der Waals surface area contributed by atoms with Gasteiger partial charge in [-0.3, -0.25) is 4.79 Å². The third kappa shape index (κ3) is 1.78. The maximum Gasteiger partial charge on any atom is 0.139 e. The Morgan fingerprint density at radius 1 is 1.14 bits per heavy atom. The molecule has 0 amide bonds. The second-order valence-electron chi connectivity index (χ2n) is 8.58. The van der Waals surface area contributed by atoms with Crippen LogP contribution in [0.5, 0.6) is 0 Å². The van der Waals surface area contributed by atoms with E-state index in [1.807, 2.05) is 0 Å². The van der Waals surface area contributed by atoms with Crippen molar-refractivity contribution in [3.63, 3.8) is 0 Å². The minimum atomic E-state index is -0.0814. The Bertz CT molecular complexity index is 508. The second-order valence-corrected chi connectivity index (χ2v) is 8.58. The molecule has 21 heavy (non-hydrogen) atoms. The molecule has 116 valence electrons. The molecule has 2 nitrogen and oxygen atoms in total. The smallest absolute Gasteiger partial charge is 0.139 e. The molecule has 4 rings (SSSR count). The van der Waals surface area contributed by atoms with Crippen LogP contribution in [-0.2, 0) is 4.79 Å². The highest BCUT2D eigenvalue weighted by atomic mass is 16.3. The van der Waals surface area contributed by atoms with Crippen molar-refractivity contribution in [3.8, 4) is 0 Å². The highest BCUT2D eigenvalue weighted by molar-refractivity contribution is 5.87. The van der Waals surface area contributed by atoms with Crippen molar-refractivity contribution in [1.82, 2.24) is 0 Å². The third-order valence-corrected chi connectivity index (χ3v) is 7.71. The Morgan fingerprint density at radius 3 is 2.76 bits per heavy atom. The van der Waals surface area contributed by atoms with Crippen LogP contribution in [0, 0.1) is 28.6 Å². The molecule has 3 unspecified atom stereocenters. The summed E-state index contributed by atoms with van der Waals surface area (Å²) in [5.74, 6) is 2.40. The third-order valence-electron chi connectivity index (χ3n) is 7.71. The van der Waals surface area contributed by atoms with E-state index >= 15 is 0 Å². The lowest BCUT2D eigenvalue weighted by molar-refractivity contribution is -0.127. The SMILES string of the molecule is C[C@]12CC[C@H](O)CC1CCC1C2=CC[C@]2(C)C(=O)CCC12. The van der Waals surface area contributed by atoms with Crippen LogP contribution in [0.1, 0.15) is 65.2 Å². The van der Waals surface area contributed by atoms with Gasteiger partial charge in [0.1, 0.15) is 5.78 Å². The van der Waals surface area contributed by atoms with E-state index in [4.69, 9.17) is 0 Å². The number of carbonyl (C=O) groups excluding carboxylic acids is 1. The van der Waals surface area contributed by atoms with Crippen molar-refractivity contribution in [3.05, 3.63) is 11.6 Å². The van der Waals surface area contributed by atoms with Gasteiger partial charge in [0.05, 0.1) is 6.10 Å². The van der Waals surface area contributed by atoms with E-state index in [1.165, 1.54) is 12.8 Å². The monoisotopic (exact) mass is 288 g/mol. The molecule has 0 aromatic carbocycles. The first-order valence-electron chi connectivity index (χ1n) is 8.87. The van der Waals surface area contributed by atoms with Gasteiger partial charge in [0.25, 0.3) is 0 Å². The van der Waals surface area contributed by atoms with Gasteiger partial charge in [-0.1, -0.05) is 25.5 Å². The van der Waals surface area contributed by atoms with Crippen LogP contribution in [0.25, 0.3) is 0 Å². The topological polar surface area (TPSA) is 37.3 Å². The van der Waals surface area contributed by atoms with Gasteiger partial charge >= 0.3 is 0 Å². The maximum atomic E-state index is 12.3. The molecule has 0 aliphatic heterocycles. The van der Waals surface area contributed by atoms with Crippen molar-refractivity contribution in [2.24, 2.45) is 28.6 Å². The summed E-state index contributed by atoms with van der Waals surface area (Å²) in [6, 6.07) is 0. The lowest BCUT2D eigenvalue weighted by Crippen LogP contribution is -2.48. The quantitative estimate of drug-likeness (QED) is 0.687. The number of ketones is 1. The summed E-state index contributed by atoms with van der Waals surface area (Å²) in [5.41, 5.74) is 1.91. The summed E-state index contributed by atoms with van der Waals surface area (Å²) in [6.07, 6.45) is 10.8. The lowest BCUT2D eigenvalue weighted by Gasteiger charge is -2.55. The molecule has 4 aliphatic carbocycles. The number of allylic oxidation sites excluding steroid dienone is 2. The van der Waals surface area contributed by atoms with Gasteiger partial charge in [-0.05, 0) is 68.1 Å². The predicted octanol–water partition coefficient (Wildman–Crippen LogP) is 3.88. The molecule has 6 atom stereocenters. The number of Topliss-reactive ketones (excluding diaryl/α,β-unsaturated/α-hetero) is 1. The van der Waals surface area contributed by atoms with Gasteiger partial charge in [0.15, 0.2) is 0 Å². The first-order valence-corrected chi connectivity index (χ1v) is 8.87. The number of aliphatic hydroxyl groups is 1. The second kappa shape index (κ2) is 4.44. The lowest BCUT2D eigenvalue weighted by atomic mass is 9.49. The molecule has 0 bridgehead atoms. The summed E-state index contributed by atoms with van der Waals surface area (Å²) in [4.78, 5) is 12.3. The van der Waals surface area contributed by atoms with E-state index in [2.05, 4.69) is 19.9 Å². The summed E-state index contributed by atoms with van der Waals surface area (Å²) >= 11 is 0. The molecule has 3 fully saturated rings. The number of hydrogen-bond donors (Lipinski definition) is 1. The van der Waals surface area contributed by atoms with Gasteiger partial charge in [0, 0.05) is 11.8 Å². The van der Waals surface area contributed by atoms with Crippen molar-refractivity contribution in [1.29, 1.82) is 0 Å². The Balaban J connectivity index is 1.71. The zero-order valence-electron chi connectivity index (χ0n) is 13.4. The largest absolute Gasteiger partial charge is 0.393 e. The summed E-state index contributed by atoms with van der Waals surface area (Å²) in [7, 11) is 0. The zero-order valence-corrected chi connectivity index (χ0v) is 13.4. The number of aliphatic hydroxyl groups excluding tert-OH is 1. The summed E-state index contributed by atoms with van der Waals surface area (Å²) in [5, 5.41) is 10.0. The Hall–Kier alpha value is -0.630. The highest BCUT2D eigenvalue weighted by Crippen LogP contribution is 2.63. The molecule has 0 aromatic rings. The molecule has 0 spiro atoms. The van der Waals surface area contributed by atoms with Crippen molar-refractivity contribution >= 4 is 5.78 Å². The number of fused-ring (bicyclic) bond motifs is 5. The molecule has 0 radical (unpaired) electrons. The molecule has 4 aliphatic rings. The predicted molar refractivity (Wildman–Crippen MR) is 82.7 cm³/mol. The number of hydrogen-bond acceptors (Lipinski definition) is 2. The fourth-order valence-corrected chi connectivity index (χ4v) is 6.29. The van der Waals surface area contributed by atoms with Crippen LogP contribution in [0.3, 0.4) is 0 Å². The van der Waals surface area contributed by atoms with Gasteiger partial charge < -0.3 is 5.11 Å². The van der Waals surface area contributed by atoms with Gasteiger partial charge in [-0.15, -0.1) is 0 Å². The van der Waals surface area contributed by atoms with Gasteiger partial charge in [-0.2, -0.15) is 0 Å². The molecular weight excluding hydrogens is 260 g/mol. The zero-order chi connectivity index (χ0) is 14.8. The molecule has 0 heterocycles. The van der Waals surface area contributed by atoms with E-state index < -0.39 is 0 Å². The van der Waals surface area contributed by atoms with E-state index in [0.29, 0.717) is 29.0 Å². The normalized spacial score (nSPS) is 52.7. The Labute approximate surface area is 128 Å². The van der Waals surface area contributed by atoms with E-state index in [0.717, 1.165) is 38.5 Å². The number of carbonyl (C=O) groups is 1. The fraction of sp³-hybridized carbons (Fsp3) is 0.842. The molecule has 0 saturated heterocycles. The fourth-order valence-electron chi connectivity index (χ4n) is 6.29.